The molecule has 2 nitrogen and oxygen atoms in total. The minimum Gasteiger partial charge on any atom is -0.292 e. The maximum absolute atomic E-state index is 5.16. The van der Waals surface area contributed by atoms with E-state index < -0.39 is 0 Å². The van der Waals surface area contributed by atoms with Crippen molar-refractivity contribution in [2.45, 2.75) is 6.92 Å². The highest BCUT2D eigenvalue weighted by Crippen LogP contribution is 2.44. The molecule has 52 heavy (non-hydrogen) atoms. The van der Waals surface area contributed by atoms with Crippen LogP contribution >= 0.6 is 0 Å². The minimum atomic E-state index is 0.901. The number of imidazole rings is 1. The zero-order chi connectivity index (χ0) is 35.6. The van der Waals surface area contributed by atoms with Crippen LogP contribution in [0.15, 0.2) is 171 Å². The normalized spacial score (nSPS) is 11.3. The quantitative estimate of drug-likeness (QED) is 0.150. The minimum absolute atomic E-state index is 0.901. The van der Waals surface area contributed by atoms with Crippen LogP contribution in [0.25, 0.3) is 96.6 Å². The van der Waals surface area contributed by atoms with Crippen LogP contribution in [-0.2, 0) is 0 Å². The first-order valence-electron chi connectivity index (χ1n) is 17.6. The smallest absolute Gasteiger partial charge is 0.145 e. The van der Waals surface area contributed by atoms with Gasteiger partial charge in [0.05, 0.1) is 11.0 Å². The van der Waals surface area contributed by atoms with E-state index in [4.69, 9.17) is 4.98 Å². The van der Waals surface area contributed by atoms with Crippen molar-refractivity contribution in [2.75, 3.05) is 0 Å². The molecule has 0 bridgehead atoms. The monoisotopic (exact) mass is 666 g/mol. The van der Waals surface area contributed by atoms with E-state index in [-0.39, 0.29) is 0 Å². The molecule has 0 aliphatic rings. The molecule has 0 N–H and O–H groups in total. The summed E-state index contributed by atoms with van der Waals surface area (Å²) in [5, 5.41) is 2.35. The molecule has 248 valence electrons. The second-order valence-corrected chi connectivity index (χ2v) is 12.8. The number of rotatable bonds is 9. The number of fused-ring (bicyclic) bond motifs is 2. The molecule has 0 amide bonds. The van der Waals surface area contributed by atoms with E-state index in [9.17, 15) is 0 Å². The van der Waals surface area contributed by atoms with Gasteiger partial charge in [-0.05, 0) is 104 Å². The summed E-state index contributed by atoms with van der Waals surface area (Å²) in [4.78, 5) is 5.16. The van der Waals surface area contributed by atoms with Gasteiger partial charge in [-0.25, -0.2) is 4.98 Å². The number of hydrogen-bond acceptors (Lipinski definition) is 1. The van der Waals surface area contributed by atoms with Gasteiger partial charge in [0.2, 0.25) is 0 Å². The van der Waals surface area contributed by atoms with Crippen molar-refractivity contribution in [1.29, 1.82) is 0 Å². The topological polar surface area (TPSA) is 17.8 Å². The van der Waals surface area contributed by atoms with E-state index in [1.54, 1.807) is 0 Å². The van der Waals surface area contributed by atoms with Crippen molar-refractivity contribution >= 4 is 46.1 Å². The summed E-state index contributed by atoms with van der Waals surface area (Å²) in [7, 11) is 0. The first-order valence-corrected chi connectivity index (χ1v) is 17.6. The summed E-state index contributed by atoms with van der Waals surface area (Å²) in [5.74, 6) is 0.901. The van der Waals surface area contributed by atoms with Gasteiger partial charge >= 0.3 is 0 Å². The molecule has 0 spiro atoms. The van der Waals surface area contributed by atoms with Crippen molar-refractivity contribution in [2.24, 2.45) is 0 Å². The Kier molecular flexibility index (Phi) is 8.64. The van der Waals surface area contributed by atoms with Crippen LogP contribution in [-0.4, -0.2) is 9.55 Å². The van der Waals surface area contributed by atoms with Crippen molar-refractivity contribution in [1.82, 2.24) is 9.55 Å². The summed E-state index contributed by atoms with van der Waals surface area (Å²) in [6, 6.07) is 51.6. The Morgan fingerprint density at radius 2 is 1.06 bits per heavy atom. The number of allylic oxidation sites excluding steroid dienone is 1. The molecule has 1 heterocycles. The molecular weight excluding hydrogens is 629 g/mol. The van der Waals surface area contributed by atoms with Crippen LogP contribution in [0.4, 0.5) is 0 Å². The molecular formula is C50H38N2. The van der Waals surface area contributed by atoms with Crippen molar-refractivity contribution in [3.8, 4) is 50.5 Å². The predicted octanol–water partition coefficient (Wildman–Crippen LogP) is 13.8. The fourth-order valence-electron chi connectivity index (χ4n) is 7.47. The zero-order valence-electron chi connectivity index (χ0n) is 29.3. The first kappa shape index (κ1) is 32.4. The summed E-state index contributed by atoms with van der Waals surface area (Å²) >= 11 is 0. The molecule has 0 unspecified atom stereocenters. The summed E-state index contributed by atoms with van der Waals surface area (Å²) in [5.41, 5.74) is 15.3. The van der Waals surface area contributed by atoms with Crippen molar-refractivity contribution < 1.29 is 0 Å². The van der Waals surface area contributed by atoms with E-state index in [1.165, 1.54) is 16.3 Å². The van der Waals surface area contributed by atoms with E-state index >= 15 is 0 Å². The van der Waals surface area contributed by atoms with Gasteiger partial charge in [-0.3, -0.25) is 4.57 Å². The van der Waals surface area contributed by atoms with Crippen molar-refractivity contribution in [3.05, 3.63) is 194 Å². The summed E-state index contributed by atoms with van der Waals surface area (Å²) in [6.45, 7) is 14.7. The van der Waals surface area contributed by atoms with Crippen LogP contribution in [0.5, 0.6) is 0 Å². The molecule has 7 aromatic carbocycles. The van der Waals surface area contributed by atoms with Gasteiger partial charge in [0.1, 0.15) is 5.82 Å². The van der Waals surface area contributed by atoms with Gasteiger partial charge in [-0.15, -0.1) is 0 Å². The van der Waals surface area contributed by atoms with Crippen LogP contribution in [0, 0.1) is 0 Å². The average Bonchev–Trinajstić information content (AvgIpc) is 3.58. The molecule has 0 atom stereocenters. The lowest BCUT2D eigenvalue weighted by Gasteiger charge is -2.21. The third kappa shape index (κ3) is 5.61. The van der Waals surface area contributed by atoms with Crippen LogP contribution in [0.2, 0.25) is 0 Å². The van der Waals surface area contributed by atoms with Crippen molar-refractivity contribution in [3.63, 3.8) is 0 Å². The molecule has 0 radical (unpaired) electrons. The molecule has 0 saturated heterocycles. The maximum atomic E-state index is 5.16. The molecule has 0 aliphatic carbocycles. The largest absolute Gasteiger partial charge is 0.292 e. The fourth-order valence-corrected chi connectivity index (χ4v) is 7.47. The highest BCUT2D eigenvalue weighted by Gasteiger charge is 2.20. The Labute approximate surface area is 305 Å². The Hall–Kier alpha value is -6.77. The van der Waals surface area contributed by atoms with Crippen LogP contribution in [0.1, 0.15) is 29.2 Å². The predicted molar refractivity (Wildman–Crippen MR) is 225 cm³/mol. The molecule has 0 aliphatic heterocycles. The SMILES string of the molecule is C=Cc1cc2nc(-c3ccccc3)n(-c3ccc(-c4ccc5c(-c6ccccc6)c(C=C)c(C=C)c(-c6ccccc6)c5c4)cc3)c2cc1/C=C\C. The van der Waals surface area contributed by atoms with E-state index in [0.29, 0.717) is 0 Å². The average molecular weight is 667 g/mol. The lowest BCUT2D eigenvalue weighted by Crippen LogP contribution is -1.98. The fraction of sp³-hybridized carbons (Fsp3) is 0.0200. The summed E-state index contributed by atoms with van der Waals surface area (Å²) < 4.78 is 2.27. The van der Waals surface area contributed by atoms with Crippen LogP contribution in [0.3, 0.4) is 0 Å². The van der Waals surface area contributed by atoms with Gasteiger partial charge in [0.15, 0.2) is 0 Å². The Morgan fingerprint density at radius 3 is 1.62 bits per heavy atom. The zero-order valence-corrected chi connectivity index (χ0v) is 29.3. The van der Waals surface area contributed by atoms with Gasteiger partial charge in [-0.1, -0.05) is 165 Å². The Balaban J connectivity index is 1.33. The highest BCUT2D eigenvalue weighted by atomic mass is 15.1. The number of hydrogen-bond donors (Lipinski definition) is 0. The number of aromatic nitrogens is 2. The van der Waals surface area contributed by atoms with Gasteiger partial charge in [0.25, 0.3) is 0 Å². The second-order valence-electron chi connectivity index (χ2n) is 12.8. The number of nitrogens with zero attached hydrogens (tertiary/aromatic N) is 2. The molecule has 1 aromatic heterocycles. The molecule has 8 rings (SSSR count). The van der Waals surface area contributed by atoms with E-state index in [1.807, 2.05) is 31.2 Å². The lowest BCUT2D eigenvalue weighted by molar-refractivity contribution is 1.10. The van der Waals surface area contributed by atoms with Gasteiger partial charge in [0, 0.05) is 11.3 Å². The molecule has 8 aromatic rings. The summed E-state index contributed by atoms with van der Waals surface area (Å²) in [6.07, 6.45) is 10.0. The third-order valence-electron chi connectivity index (χ3n) is 9.84. The van der Waals surface area contributed by atoms with E-state index in [0.717, 1.165) is 78.2 Å². The highest BCUT2D eigenvalue weighted by molar-refractivity contribution is 6.12. The van der Waals surface area contributed by atoms with E-state index in [2.05, 4.69) is 176 Å². The Morgan fingerprint density at radius 1 is 0.500 bits per heavy atom. The standard InChI is InChI=1S/C50H38N2/c1-5-18-39-33-47-46(32-34(39)6-2)51-50(38-23-16-11-17-24-38)52(47)41-28-25-35(26-29-41)40-27-30-44-45(31-40)49(37-21-14-10-15-22-37)43(8-4)42(7-3)48(44)36-19-12-9-13-20-36/h5-33H,2-4H2,1H3/b18-5-. The Bertz CT molecular complexity index is 2640. The molecule has 0 fully saturated rings. The van der Waals surface area contributed by atoms with Crippen LogP contribution < -0.4 is 0 Å². The first-order chi connectivity index (χ1) is 25.6. The van der Waals surface area contributed by atoms with Gasteiger partial charge < -0.3 is 0 Å². The third-order valence-corrected chi connectivity index (χ3v) is 9.84. The number of benzene rings is 7. The lowest BCUT2D eigenvalue weighted by atomic mass is 9.82. The molecule has 0 saturated carbocycles. The second kappa shape index (κ2) is 13.9. The molecule has 2 heteroatoms. The maximum Gasteiger partial charge on any atom is 0.145 e. The van der Waals surface area contributed by atoms with Gasteiger partial charge in [-0.2, -0.15) is 0 Å².